The van der Waals surface area contributed by atoms with Gasteiger partial charge in [0, 0.05) is 49.0 Å². The molecule has 0 aliphatic carbocycles. The Morgan fingerprint density at radius 2 is 1.59 bits per heavy atom. The quantitative estimate of drug-likeness (QED) is 0.394. The van der Waals surface area contributed by atoms with Crippen LogP contribution < -0.4 is 9.46 Å². The fraction of sp³-hybridized carbons (Fsp3) is 0.214. The summed E-state index contributed by atoms with van der Waals surface area (Å²) in [4.78, 5) is 37.9. The number of methoxy groups -OCH3 is 1. The van der Waals surface area contributed by atoms with Gasteiger partial charge >= 0.3 is 0 Å². The molecule has 0 saturated carbocycles. The fourth-order valence-electron chi connectivity index (χ4n) is 4.52. The molecule has 0 bridgehead atoms. The highest BCUT2D eigenvalue weighted by Gasteiger charge is 2.27. The van der Waals surface area contributed by atoms with Crippen molar-refractivity contribution in [2.75, 3.05) is 38.0 Å². The van der Waals surface area contributed by atoms with Crippen LogP contribution in [-0.4, -0.2) is 73.3 Å². The minimum Gasteiger partial charge on any atom is -0.495 e. The molecule has 2 aromatic heterocycles. The van der Waals surface area contributed by atoms with E-state index in [0.717, 1.165) is 5.69 Å². The molecule has 1 fully saturated rings. The van der Waals surface area contributed by atoms with Gasteiger partial charge in [0.1, 0.15) is 16.3 Å². The number of piperazine rings is 1. The Kier molecular flexibility index (Phi) is 7.16. The van der Waals surface area contributed by atoms with Gasteiger partial charge in [-0.05, 0) is 49.4 Å². The molecular formula is C28H27N5O5S. The number of aromatic nitrogens is 2. The lowest BCUT2D eigenvalue weighted by atomic mass is 10.1. The first-order valence-electron chi connectivity index (χ1n) is 12.3. The van der Waals surface area contributed by atoms with Gasteiger partial charge in [-0.2, -0.15) is 0 Å². The van der Waals surface area contributed by atoms with Crippen molar-refractivity contribution in [3.63, 3.8) is 0 Å². The van der Waals surface area contributed by atoms with Gasteiger partial charge in [0.15, 0.2) is 0 Å². The lowest BCUT2D eigenvalue weighted by Crippen LogP contribution is -2.50. The average Bonchev–Trinajstić information content (AvgIpc) is 2.96. The summed E-state index contributed by atoms with van der Waals surface area (Å²) in [5, 5.41) is 0.699. The number of rotatable bonds is 6. The molecule has 1 aliphatic heterocycles. The number of carbonyl (C=O) groups is 2. The Balaban J connectivity index is 1.29. The zero-order chi connectivity index (χ0) is 27.6. The van der Waals surface area contributed by atoms with Crippen molar-refractivity contribution in [2.45, 2.75) is 11.8 Å². The summed E-state index contributed by atoms with van der Waals surface area (Å²) in [6.07, 6.45) is 1.54. The fourth-order valence-corrected chi connectivity index (χ4v) is 5.77. The molecule has 0 unspecified atom stereocenters. The number of para-hydroxylation sites is 1. The van der Waals surface area contributed by atoms with Crippen LogP contribution in [0.3, 0.4) is 0 Å². The van der Waals surface area contributed by atoms with E-state index in [1.807, 2.05) is 13.0 Å². The van der Waals surface area contributed by atoms with Crippen molar-refractivity contribution >= 4 is 38.4 Å². The molecule has 200 valence electrons. The smallest absolute Gasteiger partial charge is 0.272 e. The number of aryl methyl sites for hydroxylation is 1. The standard InChI is InChI=1S/C28H27N5O5S/c1-19-6-3-9-23(30-19)28(35)33-16-14-32(15-17-33)27(34)21-11-12-22(24(18-21)38-2)31-39(36,37)25-10-4-7-20-8-5-13-29-26(20)25/h3-13,18,31H,14-17H2,1-2H3. The number of nitrogens with zero attached hydrogens (tertiary/aromatic N) is 4. The van der Waals surface area contributed by atoms with Crippen molar-refractivity contribution in [3.05, 3.63) is 89.9 Å². The van der Waals surface area contributed by atoms with Crippen molar-refractivity contribution < 1.29 is 22.7 Å². The molecule has 0 spiro atoms. The van der Waals surface area contributed by atoms with Gasteiger partial charge in [0.25, 0.3) is 21.8 Å². The van der Waals surface area contributed by atoms with Crippen LogP contribution in [0.4, 0.5) is 5.69 Å². The second kappa shape index (κ2) is 10.7. The minimum absolute atomic E-state index is 0.0380. The predicted octanol–water partition coefficient (Wildman–Crippen LogP) is 3.35. The van der Waals surface area contributed by atoms with Crippen LogP contribution in [0, 0.1) is 6.92 Å². The molecule has 1 saturated heterocycles. The third-order valence-electron chi connectivity index (χ3n) is 6.54. The van der Waals surface area contributed by atoms with Crippen LogP contribution >= 0.6 is 0 Å². The molecule has 39 heavy (non-hydrogen) atoms. The molecule has 0 radical (unpaired) electrons. The lowest BCUT2D eigenvalue weighted by Gasteiger charge is -2.34. The SMILES string of the molecule is COc1cc(C(=O)N2CCN(C(=O)c3cccc(C)n3)CC2)ccc1NS(=O)(=O)c1cccc2cccnc12. The molecule has 3 heterocycles. The van der Waals surface area contributed by atoms with E-state index in [1.54, 1.807) is 52.3 Å². The number of nitrogens with one attached hydrogen (secondary N) is 1. The van der Waals surface area contributed by atoms with Gasteiger partial charge in [0.05, 0.1) is 18.3 Å². The van der Waals surface area contributed by atoms with Gasteiger partial charge in [0.2, 0.25) is 0 Å². The van der Waals surface area contributed by atoms with Crippen LogP contribution in [0.15, 0.2) is 77.8 Å². The number of anilines is 1. The monoisotopic (exact) mass is 545 g/mol. The largest absolute Gasteiger partial charge is 0.495 e. The third kappa shape index (κ3) is 5.39. The number of hydrogen-bond acceptors (Lipinski definition) is 7. The van der Waals surface area contributed by atoms with Crippen LogP contribution in [0.5, 0.6) is 5.75 Å². The number of hydrogen-bond donors (Lipinski definition) is 1. The van der Waals surface area contributed by atoms with Crippen molar-refractivity contribution in [2.24, 2.45) is 0 Å². The summed E-state index contributed by atoms with van der Waals surface area (Å²) in [6, 6.07) is 18.3. The zero-order valence-corrected chi connectivity index (χ0v) is 22.3. The van der Waals surface area contributed by atoms with Crippen molar-refractivity contribution in [1.29, 1.82) is 0 Å². The molecule has 11 heteroatoms. The second-order valence-corrected chi connectivity index (χ2v) is 10.8. The summed E-state index contributed by atoms with van der Waals surface area (Å²) < 4.78 is 34.5. The Morgan fingerprint density at radius 1 is 0.897 bits per heavy atom. The highest BCUT2D eigenvalue weighted by molar-refractivity contribution is 7.93. The molecular weight excluding hydrogens is 518 g/mol. The zero-order valence-electron chi connectivity index (χ0n) is 21.5. The number of ether oxygens (including phenoxy) is 1. The molecule has 5 rings (SSSR count). The van der Waals surface area contributed by atoms with E-state index >= 15 is 0 Å². The van der Waals surface area contributed by atoms with E-state index in [1.165, 1.54) is 31.5 Å². The van der Waals surface area contributed by atoms with E-state index in [2.05, 4.69) is 14.7 Å². The van der Waals surface area contributed by atoms with E-state index in [9.17, 15) is 18.0 Å². The first-order chi connectivity index (χ1) is 18.8. The molecule has 2 amide bonds. The van der Waals surface area contributed by atoms with Gasteiger partial charge in [-0.1, -0.05) is 24.3 Å². The number of pyridine rings is 2. The lowest BCUT2D eigenvalue weighted by molar-refractivity contribution is 0.0532. The summed E-state index contributed by atoms with van der Waals surface area (Å²) >= 11 is 0. The third-order valence-corrected chi connectivity index (χ3v) is 7.94. The molecule has 0 atom stereocenters. The van der Waals surface area contributed by atoms with Crippen LogP contribution in [0.2, 0.25) is 0 Å². The minimum atomic E-state index is -4.00. The van der Waals surface area contributed by atoms with Gasteiger partial charge in [-0.3, -0.25) is 19.3 Å². The maximum atomic E-state index is 13.2. The summed E-state index contributed by atoms with van der Waals surface area (Å²) in [6.45, 7) is 3.32. The Morgan fingerprint density at radius 3 is 2.31 bits per heavy atom. The highest BCUT2D eigenvalue weighted by atomic mass is 32.2. The number of amides is 2. The first kappa shape index (κ1) is 26.1. The molecule has 1 aliphatic rings. The number of carbonyl (C=O) groups excluding carboxylic acids is 2. The van der Waals surface area contributed by atoms with Crippen LogP contribution in [-0.2, 0) is 10.0 Å². The van der Waals surface area contributed by atoms with Gasteiger partial charge < -0.3 is 14.5 Å². The first-order valence-corrected chi connectivity index (χ1v) is 13.8. The van der Waals surface area contributed by atoms with Crippen LogP contribution in [0.25, 0.3) is 10.9 Å². The maximum absolute atomic E-state index is 13.2. The molecule has 10 nitrogen and oxygen atoms in total. The van der Waals surface area contributed by atoms with E-state index in [-0.39, 0.29) is 28.1 Å². The van der Waals surface area contributed by atoms with Gasteiger partial charge in [-0.25, -0.2) is 13.4 Å². The topological polar surface area (TPSA) is 122 Å². The Bertz CT molecular complexity index is 1660. The summed E-state index contributed by atoms with van der Waals surface area (Å²) in [5.41, 5.74) is 2.05. The Hall–Kier alpha value is -4.51. The number of benzene rings is 2. The molecule has 1 N–H and O–H groups in total. The summed E-state index contributed by atoms with van der Waals surface area (Å²) in [5.74, 6) is -0.191. The molecule has 2 aromatic carbocycles. The van der Waals surface area contributed by atoms with E-state index in [4.69, 9.17) is 4.74 Å². The van der Waals surface area contributed by atoms with Crippen LogP contribution in [0.1, 0.15) is 26.5 Å². The van der Waals surface area contributed by atoms with Gasteiger partial charge in [-0.15, -0.1) is 0 Å². The normalized spacial score (nSPS) is 13.8. The van der Waals surface area contributed by atoms with E-state index in [0.29, 0.717) is 48.3 Å². The number of fused-ring (bicyclic) bond motifs is 1. The number of sulfonamides is 1. The molecule has 4 aromatic rings. The average molecular weight is 546 g/mol. The predicted molar refractivity (Wildman–Crippen MR) is 146 cm³/mol. The van der Waals surface area contributed by atoms with Crippen molar-refractivity contribution in [1.82, 2.24) is 19.8 Å². The summed E-state index contributed by atoms with van der Waals surface area (Å²) in [7, 11) is -2.59. The second-order valence-electron chi connectivity index (χ2n) is 9.10. The van der Waals surface area contributed by atoms with Crippen molar-refractivity contribution in [3.8, 4) is 5.75 Å². The Labute approximate surface area is 226 Å². The highest BCUT2D eigenvalue weighted by Crippen LogP contribution is 2.30. The van der Waals surface area contributed by atoms with E-state index < -0.39 is 10.0 Å². The maximum Gasteiger partial charge on any atom is 0.272 e.